The summed E-state index contributed by atoms with van der Waals surface area (Å²) >= 11 is 6.00. The predicted molar refractivity (Wildman–Crippen MR) is 80.6 cm³/mol. The minimum absolute atomic E-state index is 0.532. The Balaban J connectivity index is 1.84. The SMILES string of the molecule is CCc1nc(Cl)cc(NCC2CCC(CC)CC2)n1. The van der Waals surface area contributed by atoms with Crippen molar-refractivity contribution in [2.24, 2.45) is 11.8 Å². The fourth-order valence-electron chi connectivity index (χ4n) is 2.81. The van der Waals surface area contributed by atoms with Crippen LogP contribution >= 0.6 is 11.6 Å². The number of aromatic nitrogens is 2. The van der Waals surface area contributed by atoms with E-state index in [1.165, 1.54) is 32.1 Å². The number of anilines is 1. The second-order valence-corrected chi connectivity index (χ2v) is 5.91. The van der Waals surface area contributed by atoms with Crippen molar-refractivity contribution >= 4 is 17.4 Å². The molecule has 4 heteroatoms. The molecule has 19 heavy (non-hydrogen) atoms. The highest BCUT2D eigenvalue weighted by atomic mass is 35.5. The molecular weight excluding hydrogens is 258 g/mol. The highest BCUT2D eigenvalue weighted by Crippen LogP contribution is 2.30. The topological polar surface area (TPSA) is 37.8 Å². The number of nitrogens with zero attached hydrogens (tertiary/aromatic N) is 2. The lowest BCUT2D eigenvalue weighted by Crippen LogP contribution is -2.21. The summed E-state index contributed by atoms with van der Waals surface area (Å²) in [5.74, 6) is 3.41. The summed E-state index contributed by atoms with van der Waals surface area (Å²) in [6, 6.07) is 1.82. The number of aryl methyl sites for hydroxylation is 1. The monoisotopic (exact) mass is 281 g/mol. The molecule has 0 spiro atoms. The molecule has 2 rings (SSSR count). The normalized spacial score (nSPS) is 23.3. The molecule has 1 fully saturated rings. The van der Waals surface area contributed by atoms with Crippen LogP contribution in [-0.4, -0.2) is 16.5 Å². The predicted octanol–water partition coefficient (Wildman–Crippen LogP) is 4.32. The third-order valence-corrected chi connectivity index (χ3v) is 4.37. The summed E-state index contributed by atoms with van der Waals surface area (Å²) in [5, 5.41) is 3.96. The van der Waals surface area contributed by atoms with Gasteiger partial charge >= 0.3 is 0 Å². The van der Waals surface area contributed by atoms with Crippen LogP contribution in [0.2, 0.25) is 5.15 Å². The van der Waals surface area contributed by atoms with Crippen LogP contribution < -0.4 is 5.32 Å². The second kappa shape index (κ2) is 7.09. The molecule has 0 saturated heterocycles. The van der Waals surface area contributed by atoms with E-state index in [2.05, 4.69) is 22.2 Å². The molecule has 1 saturated carbocycles. The van der Waals surface area contributed by atoms with E-state index >= 15 is 0 Å². The molecule has 1 aromatic rings. The maximum atomic E-state index is 6.00. The fourth-order valence-corrected chi connectivity index (χ4v) is 3.01. The molecule has 1 aliphatic rings. The van der Waals surface area contributed by atoms with Crippen LogP contribution in [0.15, 0.2) is 6.07 Å². The molecule has 0 aromatic carbocycles. The van der Waals surface area contributed by atoms with Crippen molar-refractivity contribution in [3.63, 3.8) is 0 Å². The van der Waals surface area contributed by atoms with Gasteiger partial charge in [-0.3, -0.25) is 0 Å². The maximum Gasteiger partial charge on any atom is 0.134 e. The molecule has 0 atom stereocenters. The number of hydrogen-bond donors (Lipinski definition) is 1. The van der Waals surface area contributed by atoms with Crippen molar-refractivity contribution in [1.29, 1.82) is 0 Å². The van der Waals surface area contributed by atoms with E-state index in [9.17, 15) is 0 Å². The van der Waals surface area contributed by atoms with Gasteiger partial charge in [0, 0.05) is 19.0 Å². The van der Waals surface area contributed by atoms with Gasteiger partial charge in [-0.25, -0.2) is 9.97 Å². The van der Waals surface area contributed by atoms with Crippen LogP contribution in [0.3, 0.4) is 0 Å². The zero-order valence-corrected chi connectivity index (χ0v) is 12.7. The van der Waals surface area contributed by atoms with Gasteiger partial charge < -0.3 is 5.32 Å². The lowest BCUT2D eigenvalue weighted by Gasteiger charge is -2.28. The van der Waals surface area contributed by atoms with Crippen LogP contribution in [0.4, 0.5) is 5.82 Å². The molecule has 106 valence electrons. The minimum atomic E-state index is 0.532. The molecule has 1 aromatic heterocycles. The molecule has 1 heterocycles. The van der Waals surface area contributed by atoms with Crippen molar-refractivity contribution < 1.29 is 0 Å². The molecule has 3 nitrogen and oxygen atoms in total. The van der Waals surface area contributed by atoms with E-state index in [0.29, 0.717) is 5.15 Å². The summed E-state index contributed by atoms with van der Waals surface area (Å²) in [6.45, 7) is 5.35. The van der Waals surface area contributed by atoms with Gasteiger partial charge in [0.1, 0.15) is 16.8 Å². The minimum Gasteiger partial charge on any atom is -0.370 e. The molecule has 0 bridgehead atoms. The number of hydrogen-bond acceptors (Lipinski definition) is 3. The Kier molecular flexibility index (Phi) is 5.44. The molecule has 0 amide bonds. The molecule has 0 unspecified atom stereocenters. The van der Waals surface area contributed by atoms with Gasteiger partial charge in [-0.15, -0.1) is 0 Å². The van der Waals surface area contributed by atoms with Crippen molar-refractivity contribution in [3.8, 4) is 0 Å². The first-order valence-electron chi connectivity index (χ1n) is 7.48. The Morgan fingerprint density at radius 3 is 2.47 bits per heavy atom. The summed E-state index contributed by atoms with van der Waals surface area (Å²) in [4.78, 5) is 8.64. The van der Waals surface area contributed by atoms with Gasteiger partial charge in [-0.2, -0.15) is 0 Å². The van der Waals surface area contributed by atoms with E-state index in [-0.39, 0.29) is 0 Å². The van der Waals surface area contributed by atoms with Crippen LogP contribution in [-0.2, 0) is 6.42 Å². The van der Waals surface area contributed by atoms with Crippen molar-refractivity contribution in [1.82, 2.24) is 9.97 Å². The Bertz CT molecular complexity index is 400. The Labute approximate surface area is 121 Å². The Morgan fingerprint density at radius 2 is 1.84 bits per heavy atom. The first kappa shape index (κ1) is 14.6. The smallest absolute Gasteiger partial charge is 0.134 e. The zero-order valence-electron chi connectivity index (χ0n) is 12.0. The molecule has 1 aliphatic carbocycles. The van der Waals surface area contributed by atoms with Gasteiger partial charge in [0.2, 0.25) is 0 Å². The highest BCUT2D eigenvalue weighted by molar-refractivity contribution is 6.29. The molecule has 0 radical (unpaired) electrons. The summed E-state index contributed by atoms with van der Waals surface area (Å²) in [7, 11) is 0. The van der Waals surface area contributed by atoms with E-state index in [4.69, 9.17) is 11.6 Å². The largest absolute Gasteiger partial charge is 0.370 e. The van der Waals surface area contributed by atoms with Crippen LogP contribution in [0.5, 0.6) is 0 Å². The molecule has 1 N–H and O–H groups in total. The summed E-state index contributed by atoms with van der Waals surface area (Å²) in [5.41, 5.74) is 0. The van der Waals surface area contributed by atoms with Crippen molar-refractivity contribution in [2.45, 2.75) is 52.4 Å². The van der Waals surface area contributed by atoms with E-state index in [0.717, 1.165) is 36.4 Å². The van der Waals surface area contributed by atoms with Crippen molar-refractivity contribution in [2.75, 3.05) is 11.9 Å². The molecular formula is C15H24ClN3. The van der Waals surface area contributed by atoms with E-state index in [1.807, 2.05) is 13.0 Å². The third-order valence-electron chi connectivity index (χ3n) is 4.17. The highest BCUT2D eigenvalue weighted by Gasteiger charge is 2.19. The maximum absolute atomic E-state index is 6.00. The number of nitrogens with one attached hydrogen (secondary N) is 1. The van der Waals surface area contributed by atoms with Gasteiger partial charge in [0.05, 0.1) is 0 Å². The van der Waals surface area contributed by atoms with E-state index in [1.54, 1.807) is 0 Å². The van der Waals surface area contributed by atoms with Gasteiger partial charge in [0.25, 0.3) is 0 Å². The average molecular weight is 282 g/mol. The van der Waals surface area contributed by atoms with Gasteiger partial charge in [-0.05, 0) is 24.7 Å². The number of rotatable bonds is 5. The Morgan fingerprint density at radius 1 is 1.16 bits per heavy atom. The second-order valence-electron chi connectivity index (χ2n) is 5.52. The first-order chi connectivity index (χ1) is 9.21. The van der Waals surface area contributed by atoms with Crippen molar-refractivity contribution in [3.05, 3.63) is 17.0 Å². The standard InChI is InChI=1S/C15H24ClN3/c1-3-11-5-7-12(8-6-11)10-17-15-9-13(16)18-14(4-2)19-15/h9,11-12H,3-8,10H2,1-2H3,(H,17,18,19). The quantitative estimate of drug-likeness (QED) is 0.817. The lowest BCUT2D eigenvalue weighted by atomic mass is 9.81. The Hall–Kier alpha value is -0.830. The third kappa shape index (κ3) is 4.34. The van der Waals surface area contributed by atoms with Crippen LogP contribution in [0, 0.1) is 11.8 Å². The fraction of sp³-hybridized carbons (Fsp3) is 0.733. The molecule has 0 aliphatic heterocycles. The van der Waals surface area contributed by atoms with Gasteiger partial charge in [0.15, 0.2) is 0 Å². The van der Waals surface area contributed by atoms with Gasteiger partial charge in [-0.1, -0.05) is 44.7 Å². The lowest BCUT2D eigenvalue weighted by molar-refractivity contribution is 0.278. The summed E-state index contributed by atoms with van der Waals surface area (Å²) < 4.78 is 0. The van der Waals surface area contributed by atoms with Crippen LogP contribution in [0.1, 0.15) is 51.8 Å². The average Bonchev–Trinajstić information content (AvgIpc) is 2.45. The first-order valence-corrected chi connectivity index (χ1v) is 7.86. The zero-order chi connectivity index (χ0) is 13.7. The summed E-state index contributed by atoms with van der Waals surface area (Å²) in [6.07, 6.45) is 7.59. The van der Waals surface area contributed by atoms with Crippen LogP contribution in [0.25, 0.3) is 0 Å². The number of halogens is 1. The van der Waals surface area contributed by atoms with E-state index < -0.39 is 0 Å².